The third-order valence-corrected chi connectivity index (χ3v) is 2.58. The molecule has 17 heavy (non-hydrogen) atoms. The summed E-state index contributed by atoms with van der Waals surface area (Å²) in [7, 11) is 0. The minimum atomic E-state index is -0.922. The lowest BCUT2D eigenvalue weighted by molar-refractivity contribution is -0.154. The molecule has 0 aromatic heterocycles. The fourth-order valence-corrected chi connectivity index (χ4v) is 1.56. The topological polar surface area (TPSA) is 69.4 Å². The highest BCUT2D eigenvalue weighted by Crippen LogP contribution is 2.16. The molecular weight excluding hydrogens is 242 g/mol. The maximum Gasteiger partial charge on any atom is 0.376 e. The summed E-state index contributed by atoms with van der Waals surface area (Å²) in [6, 6.07) is 6.13. The van der Waals surface area contributed by atoms with Crippen molar-refractivity contribution in [3.05, 3.63) is 34.9 Å². The Hall–Kier alpha value is -1.39. The van der Waals surface area contributed by atoms with Gasteiger partial charge < -0.3 is 10.5 Å². The number of carbonyl (C=O) groups excluding carboxylic acids is 2. The SMILES string of the molecule is CCOC(=O)C(=O)[C@H](N)Cc1ccccc1Cl. The van der Waals surface area contributed by atoms with Crippen LogP contribution in [0.15, 0.2) is 24.3 Å². The summed E-state index contributed by atoms with van der Waals surface area (Å²) < 4.78 is 4.59. The number of Topliss-reactive ketones (excluding diaryl/α,β-unsaturated/α-hetero) is 1. The van der Waals surface area contributed by atoms with Crippen LogP contribution in [-0.4, -0.2) is 24.4 Å². The average Bonchev–Trinajstić information content (AvgIpc) is 2.31. The normalized spacial score (nSPS) is 11.9. The van der Waals surface area contributed by atoms with Gasteiger partial charge in [-0.2, -0.15) is 0 Å². The monoisotopic (exact) mass is 255 g/mol. The number of ketones is 1. The summed E-state index contributed by atoms with van der Waals surface area (Å²) in [6.45, 7) is 1.79. The molecule has 0 saturated carbocycles. The van der Waals surface area contributed by atoms with E-state index in [9.17, 15) is 9.59 Å². The first-order valence-electron chi connectivity index (χ1n) is 5.26. The maximum absolute atomic E-state index is 11.5. The van der Waals surface area contributed by atoms with E-state index in [1.165, 1.54) is 0 Å². The van der Waals surface area contributed by atoms with Crippen LogP contribution < -0.4 is 5.73 Å². The molecule has 0 aliphatic rings. The van der Waals surface area contributed by atoms with E-state index >= 15 is 0 Å². The molecule has 5 heteroatoms. The highest BCUT2D eigenvalue weighted by molar-refractivity contribution is 6.36. The quantitative estimate of drug-likeness (QED) is 0.637. The molecular formula is C12H14ClNO3. The Bertz CT molecular complexity index is 420. The Labute approximate surface area is 105 Å². The summed E-state index contributed by atoms with van der Waals surface area (Å²) in [5, 5.41) is 0.527. The van der Waals surface area contributed by atoms with Crippen molar-refractivity contribution in [2.75, 3.05) is 6.61 Å². The first-order chi connectivity index (χ1) is 8.06. The number of nitrogens with two attached hydrogens (primary N) is 1. The van der Waals surface area contributed by atoms with Crippen molar-refractivity contribution < 1.29 is 14.3 Å². The van der Waals surface area contributed by atoms with Gasteiger partial charge in [-0.05, 0) is 25.0 Å². The van der Waals surface area contributed by atoms with Crippen LogP contribution in [0.3, 0.4) is 0 Å². The zero-order chi connectivity index (χ0) is 12.8. The fourth-order valence-electron chi connectivity index (χ4n) is 1.35. The van der Waals surface area contributed by atoms with Gasteiger partial charge in [0.05, 0.1) is 12.6 Å². The van der Waals surface area contributed by atoms with Gasteiger partial charge >= 0.3 is 5.97 Å². The highest BCUT2D eigenvalue weighted by Gasteiger charge is 2.23. The molecule has 0 saturated heterocycles. The van der Waals surface area contributed by atoms with Crippen LogP contribution in [0.5, 0.6) is 0 Å². The van der Waals surface area contributed by atoms with Gasteiger partial charge in [-0.1, -0.05) is 29.8 Å². The molecule has 92 valence electrons. The van der Waals surface area contributed by atoms with Crippen molar-refractivity contribution in [2.45, 2.75) is 19.4 Å². The fraction of sp³-hybridized carbons (Fsp3) is 0.333. The molecule has 2 N–H and O–H groups in total. The standard InChI is InChI=1S/C12H14ClNO3/c1-2-17-12(16)11(15)10(14)7-8-5-3-4-6-9(8)13/h3-6,10H,2,7,14H2,1H3/t10-/m1/s1. The van der Waals surface area contributed by atoms with Gasteiger partial charge in [0.25, 0.3) is 5.78 Å². The average molecular weight is 256 g/mol. The van der Waals surface area contributed by atoms with Gasteiger partial charge in [0.1, 0.15) is 0 Å². The molecule has 0 radical (unpaired) electrons. The first-order valence-corrected chi connectivity index (χ1v) is 5.64. The van der Waals surface area contributed by atoms with E-state index in [-0.39, 0.29) is 13.0 Å². The van der Waals surface area contributed by atoms with E-state index in [0.717, 1.165) is 5.56 Å². The molecule has 0 heterocycles. The zero-order valence-electron chi connectivity index (χ0n) is 9.48. The molecule has 0 fully saturated rings. The predicted molar refractivity (Wildman–Crippen MR) is 64.8 cm³/mol. The van der Waals surface area contributed by atoms with E-state index in [2.05, 4.69) is 4.74 Å². The number of ether oxygens (including phenoxy) is 1. The largest absolute Gasteiger partial charge is 0.460 e. The van der Waals surface area contributed by atoms with Crippen molar-refractivity contribution in [1.82, 2.24) is 0 Å². The van der Waals surface area contributed by atoms with Crippen LogP contribution >= 0.6 is 11.6 Å². The van der Waals surface area contributed by atoms with E-state index in [1.807, 2.05) is 0 Å². The van der Waals surface area contributed by atoms with Gasteiger partial charge in [0.2, 0.25) is 0 Å². The van der Waals surface area contributed by atoms with Crippen LogP contribution in [0.4, 0.5) is 0 Å². The summed E-state index contributed by atoms with van der Waals surface area (Å²) in [6.07, 6.45) is 0.220. The smallest absolute Gasteiger partial charge is 0.376 e. The predicted octanol–water partition coefficient (Wildman–Crippen LogP) is 1.34. The third-order valence-electron chi connectivity index (χ3n) is 2.21. The molecule has 0 amide bonds. The zero-order valence-corrected chi connectivity index (χ0v) is 10.2. The van der Waals surface area contributed by atoms with Crippen LogP contribution in [0.2, 0.25) is 5.02 Å². The van der Waals surface area contributed by atoms with Crippen molar-refractivity contribution >= 4 is 23.4 Å². The van der Waals surface area contributed by atoms with Crippen molar-refractivity contribution in [1.29, 1.82) is 0 Å². The molecule has 0 unspecified atom stereocenters. The molecule has 4 nitrogen and oxygen atoms in total. The molecule has 0 bridgehead atoms. The highest BCUT2D eigenvalue weighted by atomic mass is 35.5. The Kier molecular flexibility index (Phi) is 5.12. The van der Waals surface area contributed by atoms with Crippen LogP contribution in [0.1, 0.15) is 12.5 Å². The van der Waals surface area contributed by atoms with E-state index in [4.69, 9.17) is 17.3 Å². The van der Waals surface area contributed by atoms with Gasteiger partial charge in [-0.3, -0.25) is 4.79 Å². The Morgan fingerprint density at radius 3 is 2.65 bits per heavy atom. The molecule has 1 aromatic rings. The van der Waals surface area contributed by atoms with Gasteiger partial charge in [-0.25, -0.2) is 4.79 Å². The Morgan fingerprint density at radius 2 is 2.06 bits per heavy atom. The minimum absolute atomic E-state index is 0.156. The number of hydrogen-bond donors (Lipinski definition) is 1. The van der Waals surface area contributed by atoms with E-state index in [0.29, 0.717) is 5.02 Å². The third kappa shape index (κ3) is 3.84. The second-order valence-electron chi connectivity index (χ2n) is 3.49. The van der Waals surface area contributed by atoms with Gasteiger partial charge in [-0.15, -0.1) is 0 Å². The van der Waals surface area contributed by atoms with Gasteiger partial charge in [0.15, 0.2) is 0 Å². The summed E-state index contributed by atoms with van der Waals surface area (Å²) in [5.74, 6) is -1.63. The Morgan fingerprint density at radius 1 is 1.41 bits per heavy atom. The first kappa shape index (κ1) is 13.7. The summed E-state index contributed by atoms with van der Waals surface area (Å²) in [5.41, 5.74) is 6.38. The van der Waals surface area contributed by atoms with Crippen molar-refractivity contribution in [3.8, 4) is 0 Å². The second-order valence-corrected chi connectivity index (χ2v) is 3.89. The maximum atomic E-state index is 11.5. The molecule has 0 aliphatic heterocycles. The number of halogens is 1. The number of hydrogen-bond acceptors (Lipinski definition) is 4. The second kappa shape index (κ2) is 6.37. The molecule has 1 atom stereocenters. The lowest BCUT2D eigenvalue weighted by Crippen LogP contribution is -2.38. The van der Waals surface area contributed by atoms with E-state index in [1.54, 1.807) is 31.2 Å². The van der Waals surface area contributed by atoms with Crippen LogP contribution in [0.25, 0.3) is 0 Å². The summed E-state index contributed by atoms with van der Waals surface area (Å²) >= 11 is 5.93. The molecule has 1 aromatic carbocycles. The van der Waals surface area contributed by atoms with Crippen molar-refractivity contribution in [2.24, 2.45) is 5.73 Å². The van der Waals surface area contributed by atoms with Crippen molar-refractivity contribution in [3.63, 3.8) is 0 Å². The number of carbonyl (C=O) groups is 2. The minimum Gasteiger partial charge on any atom is -0.460 e. The molecule has 0 spiro atoms. The lowest BCUT2D eigenvalue weighted by Gasteiger charge is -2.10. The summed E-state index contributed by atoms with van der Waals surface area (Å²) in [4.78, 5) is 22.7. The lowest BCUT2D eigenvalue weighted by atomic mass is 10.0. The number of esters is 1. The van der Waals surface area contributed by atoms with Gasteiger partial charge in [0, 0.05) is 5.02 Å². The number of rotatable bonds is 5. The van der Waals surface area contributed by atoms with Crippen LogP contribution in [0, 0.1) is 0 Å². The molecule has 1 rings (SSSR count). The van der Waals surface area contributed by atoms with E-state index < -0.39 is 17.8 Å². The van der Waals surface area contributed by atoms with Crippen LogP contribution in [-0.2, 0) is 20.7 Å². The molecule has 0 aliphatic carbocycles. The number of benzene rings is 1. The Balaban J connectivity index is 2.66.